The van der Waals surface area contributed by atoms with Crippen molar-refractivity contribution in [2.24, 2.45) is 5.18 Å². The van der Waals surface area contributed by atoms with E-state index in [0.29, 0.717) is 10.7 Å². The summed E-state index contributed by atoms with van der Waals surface area (Å²) in [5.74, 6) is 0. The van der Waals surface area contributed by atoms with Crippen LogP contribution in [0.15, 0.2) is 23.4 Å². The summed E-state index contributed by atoms with van der Waals surface area (Å²) in [4.78, 5) is 12.7. The van der Waals surface area contributed by atoms with Crippen molar-refractivity contribution in [3.05, 3.63) is 28.1 Å². The lowest BCUT2D eigenvalue weighted by atomic mass is 10.2. The second-order valence-corrected chi connectivity index (χ2v) is 3.28. The molecule has 0 amide bonds. The molecule has 5 heteroatoms. The molecule has 0 radical (unpaired) electrons. The third-order valence-electron chi connectivity index (χ3n) is 2.16. The van der Waals surface area contributed by atoms with Gasteiger partial charge in [-0.25, -0.2) is 0 Å². The predicted molar refractivity (Wildman–Crippen MR) is 67.7 cm³/mol. The molecule has 0 unspecified atom stereocenters. The molecule has 0 aromatic heterocycles. The average molecular weight is 249 g/mol. The molecule has 3 nitrogen and oxygen atoms in total. The first-order valence-corrected chi connectivity index (χ1v) is 4.99. The van der Waals surface area contributed by atoms with Crippen molar-refractivity contribution in [2.45, 2.75) is 13.8 Å². The Morgan fingerprint density at radius 1 is 1.33 bits per heavy atom. The van der Waals surface area contributed by atoms with Crippen LogP contribution in [-0.4, -0.2) is 13.1 Å². The summed E-state index contributed by atoms with van der Waals surface area (Å²) in [7, 11) is 0. The number of nitroso groups, excluding NO2 is 1. The van der Waals surface area contributed by atoms with Gasteiger partial charge in [-0.2, -0.15) is 0 Å². The number of anilines is 1. The van der Waals surface area contributed by atoms with Gasteiger partial charge in [0, 0.05) is 13.1 Å². The van der Waals surface area contributed by atoms with Crippen molar-refractivity contribution in [3.63, 3.8) is 0 Å². The maximum absolute atomic E-state index is 10.6. The molecule has 0 saturated heterocycles. The minimum atomic E-state index is 0. The van der Waals surface area contributed by atoms with E-state index >= 15 is 0 Å². The van der Waals surface area contributed by atoms with Crippen molar-refractivity contribution < 1.29 is 0 Å². The fourth-order valence-electron chi connectivity index (χ4n) is 1.41. The fourth-order valence-corrected chi connectivity index (χ4v) is 1.62. The Hall–Kier alpha value is -0.800. The van der Waals surface area contributed by atoms with Crippen LogP contribution in [0.3, 0.4) is 0 Å². The maximum Gasteiger partial charge on any atom is 0.149 e. The summed E-state index contributed by atoms with van der Waals surface area (Å²) < 4.78 is 0. The first kappa shape index (κ1) is 14.2. The van der Waals surface area contributed by atoms with Crippen LogP contribution in [-0.2, 0) is 0 Å². The van der Waals surface area contributed by atoms with Gasteiger partial charge in [-0.15, -0.1) is 17.3 Å². The van der Waals surface area contributed by atoms with Gasteiger partial charge in [0.25, 0.3) is 0 Å². The van der Waals surface area contributed by atoms with E-state index in [9.17, 15) is 4.91 Å². The van der Waals surface area contributed by atoms with Crippen molar-refractivity contribution in [1.29, 1.82) is 0 Å². The van der Waals surface area contributed by atoms with Crippen molar-refractivity contribution in [2.75, 3.05) is 18.0 Å². The van der Waals surface area contributed by atoms with Gasteiger partial charge in [0.1, 0.15) is 5.69 Å². The second-order valence-electron chi connectivity index (χ2n) is 2.87. The number of benzene rings is 1. The molecule has 0 heterocycles. The largest absolute Gasteiger partial charge is 0.370 e. The molecule has 0 fully saturated rings. The van der Waals surface area contributed by atoms with E-state index < -0.39 is 0 Å². The Labute approximate surface area is 101 Å². The topological polar surface area (TPSA) is 32.7 Å². The van der Waals surface area contributed by atoms with Crippen LogP contribution in [0.25, 0.3) is 0 Å². The van der Waals surface area contributed by atoms with Gasteiger partial charge in [-0.1, -0.05) is 17.7 Å². The van der Waals surface area contributed by atoms with E-state index in [2.05, 4.69) is 5.18 Å². The Morgan fingerprint density at radius 2 is 1.93 bits per heavy atom. The van der Waals surface area contributed by atoms with Crippen LogP contribution in [0, 0.1) is 4.91 Å². The fraction of sp³-hybridized carbons (Fsp3) is 0.400. The predicted octanol–water partition coefficient (Wildman–Crippen LogP) is 4.01. The molecule has 15 heavy (non-hydrogen) atoms. The Balaban J connectivity index is 0.00000196. The molecule has 0 saturated carbocycles. The smallest absolute Gasteiger partial charge is 0.149 e. The molecular weight excluding hydrogens is 235 g/mol. The minimum absolute atomic E-state index is 0. The van der Waals surface area contributed by atoms with Crippen molar-refractivity contribution in [1.82, 2.24) is 0 Å². The molecule has 0 atom stereocenters. The molecule has 0 N–H and O–H groups in total. The average Bonchev–Trinajstić information content (AvgIpc) is 2.20. The van der Waals surface area contributed by atoms with Crippen LogP contribution in [0.5, 0.6) is 0 Å². The summed E-state index contributed by atoms with van der Waals surface area (Å²) in [6.45, 7) is 5.72. The first-order chi connectivity index (χ1) is 6.74. The summed E-state index contributed by atoms with van der Waals surface area (Å²) >= 11 is 5.87. The highest BCUT2D eigenvalue weighted by molar-refractivity contribution is 6.33. The highest BCUT2D eigenvalue weighted by Gasteiger charge is 2.11. The van der Waals surface area contributed by atoms with Gasteiger partial charge in [0.05, 0.1) is 10.7 Å². The molecule has 0 aliphatic heterocycles. The van der Waals surface area contributed by atoms with Gasteiger partial charge in [0.15, 0.2) is 0 Å². The minimum Gasteiger partial charge on any atom is -0.370 e. The van der Waals surface area contributed by atoms with E-state index in [1.54, 1.807) is 6.07 Å². The number of hydrogen-bond acceptors (Lipinski definition) is 3. The van der Waals surface area contributed by atoms with E-state index in [1.807, 2.05) is 30.9 Å². The van der Waals surface area contributed by atoms with Gasteiger partial charge in [-0.3, -0.25) is 0 Å². The van der Waals surface area contributed by atoms with Gasteiger partial charge >= 0.3 is 0 Å². The first-order valence-electron chi connectivity index (χ1n) is 4.61. The van der Waals surface area contributed by atoms with E-state index in [-0.39, 0.29) is 12.4 Å². The van der Waals surface area contributed by atoms with E-state index in [4.69, 9.17) is 11.6 Å². The highest BCUT2D eigenvalue weighted by Crippen LogP contribution is 2.35. The third-order valence-corrected chi connectivity index (χ3v) is 2.47. The van der Waals surface area contributed by atoms with E-state index in [0.717, 1.165) is 18.8 Å². The number of halogens is 2. The van der Waals surface area contributed by atoms with Crippen molar-refractivity contribution >= 4 is 35.4 Å². The number of hydrogen-bond donors (Lipinski definition) is 0. The molecule has 0 spiro atoms. The molecule has 84 valence electrons. The van der Waals surface area contributed by atoms with Crippen LogP contribution in [0.4, 0.5) is 11.4 Å². The van der Waals surface area contributed by atoms with Crippen LogP contribution < -0.4 is 4.90 Å². The Bertz CT molecular complexity index is 327. The zero-order valence-electron chi connectivity index (χ0n) is 8.74. The SMILES string of the molecule is CCN(CC)c1cccc(Cl)c1N=O.Cl. The van der Waals surface area contributed by atoms with Gasteiger partial charge in [-0.05, 0) is 31.2 Å². The van der Waals surface area contributed by atoms with Gasteiger partial charge in [0.2, 0.25) is 0 Å². The monoisotopic (exact) mass is 248 g/mol. The molecule has 1 aromatic carbocycles. The van der Waals surface area contributed by atoms with Crippen LogP contribution in [0.2, 0.25) is 5.02 Å². The highest BCUT2D eigenvalue weighted by atomic mass is 35.5. The normalized spacial score (nSPS) is 9.27. The summed E-state index contributed by atoms with van der Waals surface area (Å²) in [5, 5.41) is 3.37. The lowest BCUT2D eigenvalue weighted by Gasteiger charge is -2.22. The Kier molecular flexibility index (Phi) is 6.29. The zero-order valence-corrected chi connectivity index (χ0v) is 10.3. The van der Waals surface area contributed by atoms with E-state index in [1.165, 1.54) is 0 Å². The molecule has 0 aliphatic carbocycles. The number of rotatable bonds is 4. The second kappa shape index (κ2) is 6.64. The lowest BCUT2D eigenvalue weighted by molar-refractivity contribution is 0.866. The van der Waals surface area contributed by atoms with Crippen LogP contribution in [0.1, 0.15) is 13.8 Å². The molecular formula is C10H14Cl2N2O. The third kappa shape index (κ3) is 3.08. The quantitative estimate of drug-likeness (QED) is 0.755. The maximum atomic E-state index is 10.6. The van der Waals surface area contributed by atoms with Gasteiger partial charge < -0.3 is 4.90 Å². The molecule has 1 rings (SSSR count). The summed E-state index contributed by atoms with van der Waals surface area (Å²) in [6.07, 6.45) is 0. The number of nitrogens with zero attached hydrogens (tertiary/aromatic N) is 2. The van der Waals surface area contributed by atoms with Crippen LogP contribution >= 0.6 is 24.0 Å². The summed E-state index contributed by atoms with van der Waals surface area (Å²) in [5.41, 5.74) is 1.13. The van der Waals surface area contributed by atoms with Crippen molar-refractivity contribution in [3.8, 4) is 0 Å². The molecule has 0 bridgehead atoms. The molecule has 0 aliphatic rings. The molecule has 1 aromatic rings. The standard InChI is InChI=1S/C10H13ClN2O.ClH/c1-3-13(4-2)9-7-5-6-8(11)10(9)12-14;/h5-7H,3-4H2,1-2H3;1H. The lowest BCUT2D eigenvalue weighted by Crippen LogP contribution is -2.21. The summed E-state index contributed by atoms with van der Waals surface area (Å²) in [6, 6.07) is 5.35. The Morgan fingerprint density at radius 3 is 2.40 bits per heavy atom. The zero-order chi connectivity index (χ0) is 10.6.